The van der Waals surface area contributed by atoms with E-state index in [2.05, 4.69) is 21.3 Å². The summed E-state index contributed by atoms with van der Waals surface area (Å²) in [5, 5.41) is 57.2. The second-order valence-corrected chi connectivity index (χ2v) is 20.9. The number of hydrogen-bond acceptors (Lipinski definition) is 18. The Bertz CT molecular complexity index is 1700. The zero-order chi connectivity index (χ0) is 50.3. The van der Waals surface area contributed by atoms with Crippen LogP contribution in [-0.4, -0.2) is 178 Å². The van der Waals surface area contributed by atoms with Gasteiger partial charge in [0.05, 0.1) is 37.3 Å². The highest BCUT2D eigenvalue weighted by Gasteiger charge is 2.55. The number of nitrogens with one attached hydrogen (secondary N) is 4. The van der Waals surface area contributed by atoms with Crippen LogP contribution in [0.1, 0.15) is 109 Å². The van der Waals surface area contributed by atoms with Crippen LogP contribution in [0, 0.1) is 0 Å². The second-order valence-electron chi connectivity index (χ2n) is 20.9. The summed E-state index contributed by atoms with van der Waals surface area (Å²) in [7, 11) is 1.31. The maximum absolute atomic E-state index is 13.7. The van der Waals surface area contributed by atoms with Gasteiger partial charge in [-0.25, -0.2) is 19.2 Å². The van der Waals surface area contributed by atoms with E-state index in [0.717, 1.165) is 4.90 Å². The number of aliphatic hydroxyl groups excluding tert-OH is 3. The van der Waals surface area contributed by atoms with Crippen molar-refractivity contribution in [3.63, 3.8) is 0 Å². The van der Waals surface area contributed by atoms with E-state index in [0.29, 0.717) is 0 Å². The molecule has 1 aliphatic carbocycles. The lowest BCUT2D eigenvalue weighted by Gasteiger charge is -2.50. The monoisotopic (exact) mass is 949 g/mol. The fourth-order valence-electron chi connectivity index (χ4n) is 7.30. The first-order valence-corrected chi connectivity index (χ1v) is 22.1. The molecule has 5 amide bonds. The van der Waals surface area contributed by atoms with Crippen LogP contribution in [0.15, 0.2) is 11.8 Å². The van der Waals surface area contributed by atoms with Crippen LogP contribution in [0.4, 0.5) is 19.2 Å². The first-order valence-electron chi connectivity index (χ1n) is 22.1. The molecule has 3 rings (SSSR count). The van der Waals surface area contributed by atoms with Crippen molar-refractivity contribution in [1.82, 2.24) is 26.2 Å². The van der Waals surface area contributed by atoms with Gasteiger partial charge in [-0.2, -0.15) is 0 Å². The molecule has 1 saturated carbocycles. The third-order valence-corrected chi connectivity index (χ3v) is 9.95. The van der Waals surface area contributed by atoms with Gasteiger partial charge in [0.15, 0.2) is 6.29 Å². The number of hydrogen-bond donors (Lipinski definition) is 9. The predicted octanol–water partition coefficient (Wildman–Crippen LogP) is 1.36. The maximum Gasteiger partial charge on any atom is 0.410 e. The summed E-state index contributed by atoms with van der Waals surface area (Å²) in [6, 6.07) is -4.93. The van der Waals surface area contributed by atoms with Gasteiger partial charge in [0.25, 0.3) is 0 Å². The Morgan fingerprint density at radius 2 is 1.26 bits per heavy atom. The molecule has 2 fully saturated rings. The lowest BCUT2D eigenvalue weighted by Crippen LogP contribution is -2.71. The summed E-state index contributed by atoms with van der Waals surface area (Å²) < 4.78 is 46.4. The van der Waals surface area contributed by atoms with Gasteiger partial charge in [-0.3, -0.25) is 4.79 Å². The largest absolute Gasteiger partial charge is 0.466 e. The molecule has 0 aromatic rings. The standard InChI is InChI=1S/C43H76N6O17/c1-39(2,3)63-35(54)45-18-17-26(50)32(53)46-24-19-25(48-37(56)65-41(7,8)9)30(61-33-23(16-15-22(20-44)60-33)47-36(55)64-40(4,5)6)27(51)29(24)62-34-28(52)31(43(13,58)21-59-34)49(14)38(57)66-42(10,11)12/h15,23-31,33-34,50-52,58H,16-21,44H2,1-14H3,(H,45,54)(H,46,53)(H,47,55)(H,48,56)/t23-,24-,25+,26+,27-,28-,29+,30-,31-,33-,34-,43+/m1/s1. The van der Waals surface area contributed by atoms with Crippen molar-refractivity contribution in [2.45, 2.75) is 205 Å². The molecule has 2 heterocycles. The molecular weight excluding hydrogens is 872 g/mol. The first kappa shape index (κ1) is 56.1. The Hall–Kier alpha value is -4.23. The minimum Gasteiger partial charge on any atom is -0.466 e. The predicted molar refractivity (Wildman–Crippen MR) is 234 cm³/mol. The highest BCUT2D eigenvalue weighted by molar-refractivity contribution is 5.81. The number of aliphatic hydroxyl groups is 4. The fourth-order valence-corrected chi connectivity index (χ4v) is 7.30. The van der Waals surface area contributed by atoms with Crippen LogP contribution in [0.3, 0.4) is 0 Å². The molecule has 380 valence electrons. The Balaban J connectivity index is 2.08. The smallest absolute Gasteiger partial charge is 0.410 e. The lowest BCUT2D eigenvalue weighted by atomic mass is 9.82. The Morgan fingerprint density at radius 1 is 0.773 bits per heavy atom. The van der Waals surface area contributed by atoms with Crippen molar-refractivity contribution < 1.29 is 82.3 Å². The van der Waals surface area contributed by atoms with Crippen molar-refractivity contribution in [3.8, 4) is 0 Å². The fraction of sp³-hybridized carbons (Fsp3) is 0.837. The first-order chi connectivity index (χ1) is 30.1. The van der Waals surface area contributed by atoms with Gasteiger partial charge in [-0.1, -0.05) is 0 Å². The van der Waals surface area contributed by atoms with Crippen LogP contribution in [0.5, 0.6) is 0 Å². The SMILES string of the molecule is CN(C(=O)OC(C)(C)C)[C@@H]1[C@@H](O)[C@@H](O[C@@H]2[C@@H](O)[C@H](O[C@H]3OC(CN)=CC[C@H]3NC(=O)OC(C)(C)C)[C@@H](NC(=O)OC(C)(C)C)C[C@H]2NC(=O)[C@@H](O)CCNC(=O)OC(C)(C)C)OC[C@]1(C)O. The number of nitrogens with zero attached hydrogens (tertiary/aromatic N) is 1. The van der Waals surface area contributed by atoms with E-state index in [1.165, 1.54) is 14.0 Å². The molecule has 0 bridgehead atoms. The molecule has 12 atom stereocenters. The quantitative estimate of drug-likeness (QED) is 0.118. The number of likely N-dealkylation sites (N-methyl/N-ethyl adjacent to an activating group) is 1. The normalized spacial score (nSPS) is 30.0. The van der Waals surface area contributed by atoms with Crippen molar-refractivity contribution in [2.75, 3.05) is 26.7 Å². The third-order valence-electron chi connectivity index (χ3n) is 9.95. The number of carbonyl (C=O) groups is 5. The zero-order valence-electron chi connectivity index (χ0n) is 40.8. The van der Waals surface area contributed by atoms with Crippen molar-refractivity contribution >= 4 is 30.3 Å². The van der Waals surface area contributed by atoms with E-state index in [1.807, 2.05) is 0 Å². The molecule has 0 unspecified atom stereocenters. The average Bonchev–Trinajstić information content (AvgIpc) is 3.12. The molecule has 10 N–H and O–H groups in total. The van der Waals surface area contributed by atoms with Crippen molar-refractivity contribution in [3.05, 3.63) is 11.8 Å². The second kappa shape index (κ2) is 22.3. The van der Waals surface area contributed by atoms with E-state index in [9.17, 15) is 44.4 Å². The van der Waals surface area contributed by atoms with E-state index in [-0.39, 0.29) is 38.1 Å². The molecular formula is C43H76N6O17. The summed E-state index contributed by atoms with van der Waals surface area (Å²) >= 11 is 0. The summed E-state index contributed by atoms with van der Waals surface area (Å²) in [5.41, 5.74) is 0.455. The van der Waals surface area contributed by atoms with E-state index < -0.39 is 132 Å². The van der Waals surface area contributed by atoms with Crippen LogP contribution in [-0.2, 0) is 42.7 Å². The minimum atomic E-state index is -1.88. The highest BCUT2D eigenvalue weighted by Crippen LogP contribution is 2.35. The highest BCUT2D eigenvalue weighted by atomic mass is 16.7. The number of amides is 5. The van der Waals surface area contributed by atoms with Crippen LogP contribution < -0.4 is 27.0 Å². The number of nitrogens with two attached hydrogens (primary N) is 1. The molecule has 0 spiro atoms. The van der Waals surface area contributed by atoms with Gasteiger partial charge in [-0.15, -0.1) is 0 Å². The lowest BCUT2D eigenvalue weighted by molar-refractivity contribution is -0.311. The maximum atomic E-state index is 13.7. The molecule has 0 radical (unpaired) electrons. The van der Waals surface area contributed by atoms with Crippen LogP contribution in [0.25, 0.3) is 0 Å². The molecule has 66 heavy (non-hydrogen) atoms. The van der Waals surface area contributed by atoms with Gasteiger partial charge in [0.1, 0.15) is 64.3 Å². The zero-order valence-corrected chi connectivity index (χ0v) is 40.8. The van der Waals surface area contributed by atoms with Gasteiger partial charge in [0.2, 0.25) is 12.2 Å². The Kier molecular flexibility index (Phi) is 18.9. The topological polar surface area (TPSA) is 317 Å². The number of alkyl carbamates (subject to hydrolysis) is 3. The average molecular weight is 949 g/mol. The van der Waals surface area contributed by atoms with Gasteiger partial charge >= 0.3 is 24.4 Å². The third kappa shape index (κ3) is 17.4. The van der Waals surface area contributed by atoms with Crippen molar-refractivity contribution in [1.29, 1.82) is 0 Å². The molecule has 23 nitrogen and oxygen atoms in total. The summed E-state index contributed by atoms with van der Waals surface area (Å²) in [5.74, 6) is -0.698. The van der Waals surface area contributed by atoms with Gasteiger partial charge < -0.3 is 90.2 Å². The molecule has 23 heteroatoms. The van der Waals surface area contributed by atoms with Crippen LogP contribution in [0.2, 0.25) is 0 Å². The van der Waals surface area contributed by atoms with Gasteiger partial charge in [0, 0.05) is 13.6 Å². The van der Waals surface area contributed by atoms with Gasteiger partial charge in [-0.05, 0) is 115 Å². The molecule has 2 aliphatic heterocycles. The van der Waals surface area contributed by atoms with E-state index in [1.54, 1.807) is 89.2 Å². The van der Waals surface area contributed by atoms with E-state index >= 15 is 0 Å². The number of ether oxygens (including phenoxy) is 8. The summed E-state index contributed by atoms with van der Waals surface area (Å²) in [6.07, 6.45) is -13.9. The molecule has 0 aromatic carbocycles. The number of carbonyl (C=O) groups excluding carboxylic acids is 5. The van der Waals surface area contributed by atoms with Crippen LogP contribution >= 0.6 is 0 Å². The summed E-state index contributed by atoms with van der Waals surface area (Å²) in [6.45, 7) is 20.4. The Labute approximate surface area is 387 Å². The van der Waals surface area contributed by atoms with E-state index in [4.69, 9.17) is 43.6 Å². The number of rotatable bonds is 13. The minimum absolute atomic E-state index is 0.0686. The summed E-state index contributed by atoms with van der Waals surface area (Å²) in [4.78, 5) is 66.6. The molecule has 3 aliphatic rings. The Morgan fingerprint density at radius 3 is 1.77 bits per heavy atom. The molecule has 0 aromatic heterocycles. The molecule has 1 saturated heterocycles. The van der Waals surface area contributed by atoms with Crippen molar-refractivity contribution in [2.24, 2.45) is 5.73 Å².